The van der Waals surface area contributed by atoms with Gasteiger partial charge in [-0.25, -0.2) is 14.4 Å². The van der Waals surface area contributed by atoms with Gasteiger partial charge in [0, 0.05) is 95.3 Å². The summed E-state index contributed by atoms with van der Waals surface area (Å²) < 4.78 is 53.9. The molecule has 524 valence electrons. The van der Waals surface area contributed by atoms with Crippen molar-refractivity contribution in [1.82, 2.24) is 29.7 Å². The van der Waals surface area contributed by atoms with Crippen LogP contribution in [0.25, 0.3) is 0 Å². The van der Waals surface area contributed by atoms with Crippen molar-refractivity contribution in [2.45, 2.75) is 174 Å². The van der Waals surface area contributed by atoms with E-state index in [4.69, 9.17) is 77.4 Å². The molecule has 12 rings (SSSR count). The second-order valence-electron chi connectivity index (χ2n) is 27.6. The number of benzene rings is 3. The molecule has 28 heteroatoms. The Labute approximate surface area is 599 Å². The van der Waals surface area contributed by atoms with E-state index in [2.05, 4.69) is 68.9 Å². The molecule has 0 saturated carbocycles. The van der Waals surface area contributed by atoms with Crippen LogP contribution in [-0.4, -0.2) is 104 Å². The van der Waals surface area contributed by atoms with Gasteiger partial charge in [0.15, 0.2) is 34.5 Å². The summed E-state index contributed by atoms with van der Waals surface area (Å²) in [7, 11) is 12.4. The fourth-order valence-corrected chi connectivity index (χ4v) is 28.3. The van der Waals surface area contributed by atoms with E-state index in [1.54, 1.807) is 51.5 Å². The van der Waals surface area contributed by atoms with Crippen LogP contribution in [0.15, 0.2) is 110 Å². The summed E-state index contributed by atoms with van der Waals surface area (Å²) in [6.07, 6.45) is 9.07. The molecule has 3 aromatic heterocycles. The molecule has 9 unspecified atom stereocenters. The van der Waals surface area contributed by atoms with Crippen molar-refractivity contribution < 1.29 is 57.0 Å². The normalized spacial score (nSPS) is 21.2. The molecule has 3 saturated heterocycles. The van der Waals surface area contributed by atoms with Crippen LogP contribution in [0.5, 0.6) is 34.5 Å². The number of carbonyl (C=O) groups is 3. The smallest absolute Gasteiger partial charge is 0.410 e. The SMILES string of the molecule is CC(C)(C)OC(=O)N1CCC(c2cccc3c2OC(C)(c2ccc(Cl)cn2)O3)CC1.CC(C)(C)OC(=O)N1CCC(c2cccc3c2OC(C)(c2ccc(Cl)cn2)O3)CC1.CC(C)(C)OC(=O)N1CCC(c2cccc3c2OC(C)(c2ccc(Cl)cn2)O3)CC1.PPP(P)P(P)P. The number of ether oxygens (including phenoxy) is 9. The molecule has 0 radical (unpaired) electrons. The van der Waals surface area contributed by atoms with Crippen LogP contribution in [0.2, 0.25) is 15.1 Å². The van der Waals surface area contributed by atoms with Crippen molar-refractivity contribution >= 4 is 111 Å². The minimum atomic E-state index is -1.000. The van der Waals surface area contributed by atoms with E-state index in [9.17, 15) is 14.4 Å². The molecule has 6 aromatic rings. The van der Waals surface area contributed by atoms with Crippen LogP contribution in [0.1, 0.15) is 173 Å². The standard InChI is InChI=1S/3C23H27ClN2O4.H9P7/c3*1-22(2,3)30-21(27)26-12-10-15(11-13-26)17-6-5-7-18-20(17)29-23(4,28-18)19-9-8-16(24)14-25-19;1-5-7(4)6(2)3/h3*5-9,14-15H,10-13H2,1-4H3;5H,1-4H2. The van der Waals surface area contributed by atoms with Gasteiger partial charge in [-0.05, 0) is 187 Å². The lowest BCUT2D eigenvalue weighted by molar-refractivity contribution is -0.0726. The number of aromatic nitrogens is 3. The molecule has 18 nitrogen and oxygen atoms in total. The number of piperidine rings is 3. The van der Waals surface area contributed by atoms with Gasteiger partial charge in [-0.15, -0.1) is 35.7 Å². The number of pyridine rings is 3. The number of fused-ring (bicyclic) bond motifs is 3. The predicted molar refractivity (Wildman–Crippen MR) is 403 cm³/mol. The third-order valence-corrected chi connectivity index (χ3v) is 47.7. The first-order chi connectivity index (χ1) is 45.6. The fraction of sp³-hybridized carbons (Fsp3) is 0.478. The topological polar surface area (TPSA) is 183 Å². The fourth-order valence-electron chi connectivity index (χ4n) is 11.8. The van der Waals surface area contributed by atoms with Crippen molar-refractivity contribution in [3.8, 4) is 34.5 Å². The van der Waals surface area contributed by atoms with E-state index in [0.717, 1.165) is 80.4 Å². The second-order valence-corrected chi connectivity index (χ2v) is 51.1. The van der Waals surface area contributed by atoms with Crippen molar-refractivity contribution in [2.24, 2.45) is 0 Å². The van der Waals surface area contributed by atoms with Crippen LogP contribution in [-0.2, 0) is 31.6 Å². The molecule has 6 aliphatic rings. The number of likely N-dealkylation sites (tertiary alicyclic amines) is 3. The first-order valence-electron chi connectivity index (χ1n) is 32.2. The van der Waals surface area contributed by atoms with Crippen molar-refractivity contribution in [1.29, 1.82) is 0 Å². The Balaban J connectivity index is 0.000000162. The number of nitrogens with zero attached hydrogens (tertiary/aromatic N) is 6. The Bertz CT molecular complexity index is 3330. The van der Waals surface area contributed by atoms with Gasteiger partial charge in [-0.2, -0.15) is 0 Å². The number of amides is 3. The molecule has 3 amide bonds. The van der Waals surface area contributed by atoms with E-state index in [1.165, 1.54) is 0 Å². The van der Waals surface area contributed by atoms with Gasteiger partial charge in [-0.1, -0.05) is 79.2 Å². The largest absolute Gasteiger partial charge is 0.444 e. The van der Waals surface area contributed by atoms with E-state index >= 15 is 0 Å². The highest BCUT2D eigenvalue weighted by Gasteiger charge is 2.46. The van der Waals surface area contributed by atoms with Crippen molar-refractivity contribution in [2.75, 3.05) is 39.3 Å². The summed E-state index contributed by atoms with van der Waals surface area (Å²) >= 11 is 17.9. The summed E-state index contributed by atoms with van der Waals surface area (Å²) in [4.78, 5) is 55.5. The Morgan fingerprint density at radius 1 is 0.454 bits per heavy atom. The maximum absolute atomic E-state index is 12.4. The van der Waals surface area contributed by atoms with Crippen molar-refractivity contribution in [3.05, 3.63) is 158 Å². The quantitative estimate of drug-likeness (QED) is 0.104. The zero-order chi connectivity index (χ0) is 70.4. The van der Waals surface area contributed by atoms with Crippen LogP contribution < -0.4 is 28.4 Å². The molecule has 9 heterocycles. The molecular formula is C69H90Cl3N6O12P7. The molecule has 3 aromatic carbocycles. The predicted octanol–water partition coefficient (Wildman–Crippen LogP) is 20.1. The first kappa shape index (κ1) is 76.8. The minimum Gasteiger partial charge on any atom is -0.444 e. The molecule has 0 bridgehead atoms. The number of carbonyl (C=O) groups excluding carboxylic acids is 3. The van der Waals surface area contributed by atoms with Gasteiger partial charge in [0.05, 0.1) is 15.1 Å². The average molecular weight is 1520 g/mol. The third-order valence-electron chi connectivity index (χ3n) is 16.6. The van der Waals surface area contributed by atoms with Gasteiger partial charge in [0.25, 0.3) is 17.4 Å². The number of halogens is 3. The monoisotopic (exact) mass is 1520 g/mol. The van der Waals surface area contributed by atoms with Gasteiger partial charge in [-0.3, -0.25) is 15.0 Å². The highest BCUT2D eigenvalue weighted by molar-refractivity contribution is 8.98. The average Bonchev–Trinajstić information content (AvgIpc) is 1.63. The van der Waals surface area contributed by atoms with E-state index in [-0.39, 0.29) is 50.0 Å². The maximum atomic E-state index is 12.4. The molecule has 3 fully saturated rings. The number of para-hydroxylation sites is 3. The van der Waals surface area contributed by atoms with Crippen LogP contribution in [0.4, 0.5) is 14.4 Å². The maximum Gasteiger partial charge on any atom is 0.410 e. The number of hydrogen-bond acceptors (Lipinski definition) is 15. The molecule has 0 N–H and O–H groups in total. The molecule has 97 heavy (non-hydrogen) atoms. The Morgan fingerprint density at radius 3 is 0.907 bits per heavy atom. The lowest BCUT2D eigenvalue weighted by atomic mass is 9.89. The Hall–Kier alpha value is -4.40. The highest BCUT2D eigenvalue weighted by Crippen LogP contribution is 2.92. The first-order valence-corrected chi connectivity index (χ1v) is 45.3. The van der Waals surface area contributed by atoms with Gasteiger partial charge in [0.2, 0.25) is 0 Å². The molecule has 9 atom stereocenters. The molecule has 0 spiro atoms. The Morgan fingerprint density at radius 2 is 0.711 bits per heavy atom. The molecule has 6 aliphatic heterocycles. The summed E-state index contributed by atoms with van der Waals surface area (Å²) in [5.41, 5.74) is 3.84. The van der Waals surface area contributed by atoms with Gasteiger partial charge < -0.3 is 57.3 Å². The lowest BCUT2D eigenvalue weighted by Gasteiger charge is -2.34. The molecule has 0 aliphatic carbocycles. The van der Waals surface area contributed by atoms with E-state index < -0.39 is 34.2 Å². The molecular weight excluding hydrogens is 1430 g/mol. The van der Waals surface area contributed by atoms with E-state index in [1.807, 2.05) is 138 Å². The third kappa shape index (κ3) is 20.2. The van der Waals surface area contributed by atoms with E-state index in [0.29, 0.717) is 88.7 Å². The summed E-state index contributed by atoms with van der Waals surface area (Å²) in [6.45, 7) is 26.9. The number of hydrogen-bond donors (Lipinski definition) is 0. The highest BCUT2D eigenvalue weighted by atomic mass is 35.5. The van der Waals surface area contributed by atoms with Gasteiger partial charge in [0.1, 0.15) is 33.9 Å². The zero-order valence-corrected chi connectivity index (χ0v) is 66.7. The lowest BCUT2D eigenvalue weighted by Crippen LogP contribution is -2.41. The van der Waals surface area contributed by atoms with Crippen LogP contribution >= 0.6 is 92.4 Å². The summed E-state index contributed by atoms with van der Waals surface area (Å²) in [5, 5.41) is 1.70. The van der Waals surface area contributed by atoms with Crippen molar-refractivity contribution in [3.63, 3.8) is 0 Å². The summed E-state index contributed by atoms with van der Waals surface area (Å²) in [6, 6.07) is 28.7. The van der Waals surface area contributed by atoms with Gasteiger partial charge >= 0.3 is 18.3 Å². The summed E-state index contributed by atoms with van der Waals surface area (Å²) in [5.74, 6) is 2.24. The van der Waals surface area contributed by atoms with Crippen LogP contribution in [0.3, 0.4) is 0 Å². The number of rotatable bonds is 8. The van der Waals surface area contributed by atoms with Crippen LogP contribution in [0, 0.1) is 0 Å². The zero-order valence-electron chi connectivity index (χ0n) is 57.0. The second kappa shape index (κ2) is 32.3. The minimum absolute atomic E-state index is 0.191. The Kier molecular flexibility index (Phi) is 25.6.